The lowest BCUT2D eigenvalue weighted by atomic mass is 10.1. The average molecular weight is 422 g/mol. The number of hydrogen-bond acceptors (Lipinski definition) is 4. The first-order chi connectivity index (χ1) is 12.8. The molecule has 6 heteroatoms. The second kappa shape index (κ2) is 8.26. The SMILES string of the molecule is CC(SC(=O)C1C(C=C(Cl)Cl)C1(C)C)c1cccc(Oc2ccccc2)n1. The van der Waals surface area contributed by atoms with Gasteiger partial charge in [0.05, 0.1) is 10.9 Å². The van der Waals surface area contributed by atoms with E-state index in [4.69, 9.17) is 27.9 Å². The Morgan fingerprint density at radius 3 is 2.56 bits per heavy atom. The molecule has 0 amide bonds. The first-order valence-electron chi connectivity index (χ1n) is 8.72. The van der Waals surface area contributed by atoms with Crippen LogP contribution in [0.15, 0.2) is 59.1 Å². The first-order valence-corrected chi connectivity index (χ1v) is 10.4. The zero-order valence-electron chi connectivity index (χ0n) is 15.4. The Morgan fingerprint density at radius 1 is 1.19 bits per heavy atom. The Labute approximate surface area is 174 Å². The highest BCUT2D eigenvalue weighted by Crippen LogP contribution is 2.62. The van der Waals surface area contributed by atoms with E-state index in [1.54, 1.807) is 6.08 Å². The summed E-state index contributed by atoms with van der Waals surface area (Å²) in [6, 6.07) is 15.1. The summed E-state index contributed by atoms with van der Waals surface area (Å²) < 4.78 is 6.00. The van der Waals surface area contributed by atoms with E-state index in [0.29, 0.717) is 5.88 Å². The van der Waals surface area contributed by atoms with Gasteiger partial charge in [0.15, 0.2) is 5.12 Å². The van der Waals surface area contributed by atoms with E-state index in [-0.39, 0.29) is 32.1 Å². The van der Waals surface area contributed by atoms with Crippen LogP contribution < -0.4 is 4.74 Å². The largest absolute Gasteiger partial charge is 0.439 e. The fraction of sp³-hybridized carbons (Fsp3) is 0.333. The second-order valence-electron chi connectivity index (χ2n) is 7.18. The lowest BCUT2D eigenvalue weighted by Crippen LogP contribution is -2.05. The topological polar surface area (TPSA) is 39.2 Å². The molecule has 3 nitrogen and oxygen atoms in total. The molecule has 0 aliphatic heterocycles. The van der Waals surface area contributed by atoms with Crippen molar-refractivity contribution in [3.63, 3.8) is 0 Å². The van der Waals surface area contributed by atoms with Crippen LogP contribution in [0, 0.1) is 17.3 Å². The van der Waals surface area contributed by atoms with Gasteiger partial charge in [0.1, 0.15) is 10.2 Å². The van der Waals surface area contributed by atoms with Gasteiger partial charge in [-0.2, -0.15) is 0 Å². The molecule has 1 saturated carbocycles. The van der Waals surface area contributed by atoms with Gasteiger partial charge in [-0.25, -0.2) is 4.98 Å². The Morgan fingerprint density at radius 2 is 1.89 bits per heavy atom. The molecule has 0 spiro atoms. The number of allylic oxidation sites excluding steroid dienone is 1. The maximum Gasteiger partial charge on any atom is 0.219 e. The number of hydrogen-bond donors (Lipinski definition) is 0. The molecule has 1 fully saturated rings. The van der Waals surface area contributed by atoms with E-state index in [1.807, 2.05) is 55.5 Å². The van der Waals surface area contributed by atoms with Crippen LogP contribution in [0.5, 0.6) is 11.6 Å². The molecule has 0 saturated heterocycles. The summed E-state index contributed by atoms with van der Waals surface area (Å²) in [5.74, 6) is 1.24. The van der Waals surface area contributed by atoms with Crippen LogP contribution in [0.4, 0.5) is 0 Å². The van der Waals surface area contributed by atoms with Gasteiger partial charge < -0.3 is 4.74 Å². The maximum absolute atomic E-state index is 12.8. The van der Waals surface area contributed by atoms with Gasteiger partial charge in [0, 0.05) is 12.0 Å². The lowest BCUT2D eigenvalue weighted by Gasteiger charge is -2.12. The summed E-state index contributed by atoms with van der Waals surface area (Å²) in [5.41, 5.74) is 0.688. The number of carbonyl (C=O) groups is 1. The van der Waals surface area contributed by atoms with Gasteiger partial charge in [0.25, 0.3) is 0 Å². The zero-order valence-corrected chi connectivity index (χ0v) is 17.7. The number of thioether (sulfide) groups is 1. The molecule has 1 aliphatic carbocycles. The molecule has 3 rings (SSSR count). The van der Waals surface area contributed by atoms with Crippen molar-refractivity contribution in [2.75, 3.05) is 0 Å². The van der Waals surface area contributed by atoms with Gasteiger partial charge in [-0.1, -0.05) is 73.1 Å². The first kappa shape index (κ1) is 20.2. The smallest absolute Gasteiger partial charge is 0.219 e. The van der Waals surface area contributed by atoms with Crippen molar-refractivity contribution in [2.24, 2.45) is 17.3 Å². The summed E-state index contributed by atoms with van der Waals surface area (Å²) in [6.07, 6.45) is 1.77. The molecule has 0 N–H and O–H groups in total. The molecule has 0 bridgehead atoms. The standard InChI is InChI=1S/C21H21Cl2NO2S/c1-13(27-20(25)19-15(12-17(22)23)21(19,2)3)16-10-7-11-18(24-16)26-14-8-5-4-6-9-14/h4-13,15,19H,1-3H3. The monoisotopic (exact) mass is 421 g/mol. The number of rotatable bonds is 6. The number of para-hydroxylation sites is 1. The second-order valence-corrected chi connectivity index (χ2v) is 9.53. The van der Waals surface area contributed by atoms with Crippen LogP contribution in [-0.2, 0) is 4.79 Å². The van der Waals surface area contributed by atoms with Crippen molar-refractivity contribution in [3.05, 3.63) is 64.8 Å². The molecule has 3 unspecified atom stereocenters. The van der Waals surface area contributed by atoms with Crippen molar-refractivity contribution in [3.8, 4) is 11.6 Å². The van der Waals surface area contributed by atoms with Gasteiger partial charge in [-0.05, 0) is 42.5 Å². The van der Waals surface area contributed by atoms with E-state index < -0.39 is 0 Å². The fourth-order valence-electron chi connectivity index (χ4n) is 3.21. The Kier molecular flexibility index (Phi) is 6.19. The minimum Gasteiger partial charge on any atom is -0.439 e. The van der Waals surface area contributed by atoms with Gasteiger partial charge in [-0.15, -0.1) is 0 Å². The van der Waals surface area contributed by atoms with Crippen LogP contribution in [0.25, 0.3) is 0 Å². The third-order valence-electron chi connectivity index (χ3n) is 4.89. The van der Waals surface area contributed by atoms with E-state index in [0.717, 1.165) is 11.4 Å². The average Bonchev–Trinajstić information content (AvgIpc) is 3.15. The molecule has 27 heavy (non-hydrogen) atoms. The van der Waals surface area contributed by atoms with Crippen molar-refractivity contribution in [1.29, 1.82) is 0 Å². The van der Waals surface area contributed by atoms with Crippen molar-refractivity contribution < 1.29 is 9.53 Å². The zero-order chi connectivity index (χ0) is 19.6. The number of halogens is 2. The molecule has 2 aromatic rings. The Hall–Kier alpha value is -1.49. The lowest BCUT2D eigenvalue weighted by molar-refractivity contribution is -0.112. The minimum atomic E-state index is -0.121. The van der Waals surface area contributed by atoms with Crippen LogP contribution in [0.2, 0.25) is 0 Å². The molecule has 1 aliphatic rings. The summed E-state index contributed by atoms with van der Waals surface area (Å²) in [4.78, 5) is 17.3. The third-order valence-corrected chi connectivity index (χ3v) is 6.22. The van der Waals surface area contributed by atoms with E-state index in [9.17, 15) is 4.79 Å². The Balaban J connectivity index is 1.66. The van der Waals surface area contributed by atoms with Crippen molar-refractivity contribution >= 4 is 40.1 Å². The van der Waals surface area contributed by atoms with Crippen LogP contribution >= 0.6 is 35.0 Å². The maximum atomic E-state index is 12.8. The van der Waals surface area contributed by atoms with Crippen LogP contribution in [0.3, 0.4) is 0 Å². The van der Waals surface area contributed by atoms with Crippen molar-refractivity contribution in [2.45, 2.75) is 26.0 Å². The molecule has 0 radical (unpaired) electrons. The predicted octanol–water partition coefficient (Wildman–Crippen LogP) is 6.79. The number of benzene rings is 1. The number of carbonyl (C=O) groups excluding carboxylic acids is 1. The predicted molar refractivity (Wildman–Crippen MR) is 112 cm³/mol. The third kappa shape index (κ3) is 4.87. The summed E-state index contributed by atoms with van der Waals surface area (Å²) in [6.45, 7) is 6.10. The summed E-state index contributed by atoms with van der Waals surface area (Å²) >= 11 is 12.9. The summed E-state index contributed by atoms with van der Waals surface area (Å²) in [7, 11) is 0. The fourth-order valence-corrected chi connectivity index (χ4v) is 4.67. The molecular weight excluding hydrogens is 401 g/mol. The minimum absolute atomic E-state index is 0.0791. The van der Waals surface area contributed by atoms with Gasteiger partial charge >= 0.3 is 0 Å². The molecule has 1 heterocycles. The van der Waals surface area contributed by atoms with Gasteiger partial charge in [0.2, 0.25) is 5.88 Å². The normalized spacial score (nSPS) is 21.2. The molecule has 142 valence electrons. The number of ether oxygens (including phenoxy) is 1. The van der Waals surface area contributed by atoms with E-state index in [1.165, 1.54) is 11.8 Å². The van der Waals surface area contributed by atoms with E-state index in [2.05, 4.69) is 18.8 Å². The van der Waals surface area contributed by atoms with Gasteiger partial charge in [-0.3, -0.25) is 4.79 Å². The van der Waals surface area contributed by atoms with Crippen LogP contribution in [0.1, 0.15) is 31.7 Å². The Bertz CT molecular complexity index is 850. The number of aromatic nitrogens is 1. The highest BCUT2D eigenvalue weighted by molar-refractivity contribution is 8.13. The van der Waals surface area contributed by atoms with Crippen molar-refractivity contribution in [1.82, 2.24) is 4.98 Å². The quantitative estimate of drug-likeness (QED) is 0.514. The highest BCUT2D eigenvalue weighted by atomic mass is 35.5. The molecule has 3 atom stereocenters. The highest BCUT2D eigenvalue weighted by Gasteiger charge is 2.60. The molecule has 1 aromatic heterocycles. The summed E-state index contributed by atoms with van der Waals surface area (Å²) in [5, 5.41) is 0.0591. The van der Waals surface area contributed by atoms with E-state index >= 15 is 0 Å². The number of pyridine rings is 1. The molecular formula is C21H21Cl2NO2S. The molecule has 1 aromatic carbocycles. The van der Waals surface area contributed by atoms with Crippen LogP contribution in [-0.4, -0.2) is 10.1 Å². The number of nitrogens with zero attached hydrogens (tertiary/aromatic N) is 1.